The van der Waals surface area contributed by atoms with Gasteiger partial charge in [0, 0.05) is 6.54 Å². The summed E-state index contributed by atoms with van der Waals surface area (Å²) in [4.78, 5) is 22.7. The number of unbranched alkanes of at least 4 members (excludes halogenated alkanes) is 1. The molecule has 0 spiro atoms. The van der Waals surface area contributed by atoms with Crippen molar-refractivity contribution >= 4 is 27.2 Å². The first-order valence-electron chi connectivity index (χ1n) is 9.18. The minimum Gasteiger partial charge on any atom is -0.299 e. The topological polar surface area (TPSA) is 92.8 Å². The lowest BCUT2D eigenvalue weighted by molar-refractivity contribution is -0.117. The Morgan fingerprint density at radius 3 is 2.32 bits per heavy atom. The van der Waals surface area contributed by atoms with E-state index in [0.717, 1.165) is 31.2 Å². The summed E-state index contributed by atoms with van der Waals surface area (Å²) in [7, 11) is -3.07. The van der Waals surface area contributed by atoms with Gasteiger partial charge in [-0.15, -0.1) is 4.91 Å². The average Bonchev–Trinajstić information content (AvgIpc) is 2.65. The van der Waals surface area contributed by atoms with Crippen LogP contribution < -0.4 is 5.14 Å². The van der Waals surface area contributed by atoms with Crippen LogP contribution >= 0.6 is 0 Å². The second-order valence-corrected chi connectivity index (χ2v) is 8.83. The van der Waals surface area contributed by atoms with Gasteiger partial charge in [0.05, 0.1) is 16.4 Å². The summed E-state index contributed by atoms with van der Waals surface area (Å²) < 4.78 is 13.4. The Morgan fingerprint density at radius 1 is 1.11 bits per heavy atom. The van der Waals surface area contributed by atoms with Crippen LogP contribution in [0.25, 0.3) is 0 Å². The Hall–Kier alpha value is -2.35. The summed E-state index contributed by atoms with van der Waals surface area (Å²) in [6.45, 7) is 1.36. The normalized spacial score (nSPS) is 13.2. The molecule has 6 nitrogen and oxygen atoms in total. The molecular formula is C21H27N3O3S. The van der Waals surface area contributed by atoms with Gasteiger partial charge in [0.2, 0.25) is 0 Å². The molecular weight excluding hydrogens is 374 g/mol. The number of nitrogens with two attached hydrogens (primary N) is 1. The summed E-state index contributed by atoms with van der Waals surface area (Å²) >= 11 is 0. The molecule has 0 radical (unpaired) electrons. The smallest absolute Gasteiger partial charge is 0.144 e. The van der Waals surface area contributed by atoms with E-state index in [9.17, 15) is 13.9 Å². The molecule has 2 aromatic carbocycles. The van der Waals surface area contributed by atoms with Gasteiger partial charge in [0.1, 0.15) is 11.5 Å². The number of benzene rings is 2. The number of nitrogens with zero attached hydrogens (tertiary/aromatic N) is 2. The molecule has 0 aliphatic heterocycles. The fourth-order valence-corrected chi connectivity index (χ4v) is 3.76. The third-order valence-corrected chi connectivity index (χ3v) is 5.59. The molecule has 0 amide bonds. The molecule has 28 heavy (non-hydrogen) atoms. The number of nitroso groups, excluding NO2 is 1. The number of aryl methyl sites for hydroxylation is 2. The predicted octanol–water partition coefficient (Wildman–Crippen LogP) is 3.55. The number of ketones is 1. The highest BCUT2D eigenvalue weighted by atomic mass is 32.2. The lowest BCUT2D eigenvalue weighted by atomic mass is 10.0. The fourth-order valence-electron chi connectivity index (χ4n) is 3.00. The Morgan fingerprint density at radius 2 is 1.75 bits per heavy atom. The Labute approximate surface area is 167 Å². The largest absolute Gasteiger partial charge is 0.299 e. The lowest BCUT2D eigenvalue weighted by Crippen LogP contribution is -2.39. The van der Waals surface area contributed by atoms with E-state index >= 15 is 0 Å². The summed E-state index contributed by atoms with van der Waals surface area (Å²) in [6.07, 6.45) is 3.92. The number of carbonyl (C=O) groups is 1. The average molecular weight is 402 g/mol. The zero-order valence-electron chi connectivity index (χ0n) is 16.2. The predicted molar refractivity (Wildman–Crippen MR) is 116 cm³/mol. The maximum absolute atomic E-state index is 12.1. The second kappa shape index (κ2) is 10.3. The van der Waals surface area contributed by atoms with Gasteiger partial charge in [0.15, 0.2) is 0 Å². The van der Waals surface area contributed by atoms with Crippen molar-refractivity contribution in [3.8, 4) is 0 Å². The SMILES string of the molecule is C=S(N)(=O)N(CC(C)=O)Cc1ccc(CCCCc2ccccc2)cc1N=O. The van der Waals surface area contributed by atoms with Crippen LogP contribution in [0.5, 0.6) is 0 Å². The van der Waals surface area contributed by atoms with E-state index in [2.05, 4.69) is 23.2 Å². The van der Waals surface area contributed by atoms with E-state index in [4.69, 9.17) is 5.14 Å². The molecule has 0 saturated carbocycles. The number of carbonyl (C=O) groups excluding carboxylic acids is 1. The Balaban J connectivity index is 2.00. The third-order valence-electron chi connectivity index (χ3n) is 4.45. The number of rotatable bonds is 11. The van der Waals surface area contributed by atoms with Crippen LogP contribution in [-0.4, -0.2) is 26.7 Å². The molecule has 2 aromatic rings. The monoisotopic (exact) mass is 401 g/mol. The quantitative estimate of drug-likeness (QED) is 0.354. The van der Waals surface area contributed by atoms with Crippen LogP contribution in [0, 0.1) is 4.91 Å². The third kappa shape index (κ3) is 6.99. The van der Waals surface area contributed by atoms with Gasteiger partial charge in [-0.25, -0.2) is 13.7 Å². The van der Waals surface area contributed by atoms with Crippen LogP contribution in [0.4, 0.5) is 5.69 Å². The Kier molecular flexibility index (Phi) is 8.04. The molecule has 0 fully saturated rings. The molecule has 2 rings (SSSR count). The van der Waals surface area contributed by atoms with Crippen molar-refractivity contribution in [3.05, 3.63) is 70.1 Å². The highest BCUT2D eigenvalue weighted by Crippen LogP contribution is 2.24. The summed E-state index contributed by atoms with van der Waals surface area (Å²) in [6, 6.07) is 15.8. The van der Waals surface area contributed by atoms with Gasteiger partial charge < -0.3 is 0 Å². The molecule has 150 valence electrons. The van der Waals surface area contributed by atoms with Gasteiger partial charge in [0.25, 0.3) is 0 Å². The van der Waals surface area contributed by atoms with Crippen LogP contribution in [0.15, 0.2) is 53.7 Å². The number of hydrogen-bond acceptors (Lipinski definition) is 4. The molecule has 1 unspecified atom stereocenters. The van der Waals surface area contributed by atoms with Crippen LogP contribution in [0.1, 0.15) is 36.5 Å². The zero-order valence-corrected chi connectivity index (χ0v) is 17.0. The van der Waals surface area contributed by atoms with Crippen molar-refractivity contribution in [2.75, 3.05) is 6.54 Å². The minimum absolute atomic E-state index is 0.0772. The number of hydrogen-bond donors (Lipinski definition) is 1. The van der Waals surface area contributed by atoms with E-state index in [-0.39, 0.29) is 24.6 Å². The molecule has 0 saturated heterocycles. The van der Waals surface area contributed by atoms with Crippen molar-refractivity contribution < 1.29 is 9.00 Å². The molecule has 0 aliphatic carbocycles. The second-order valence-electron chi connectivity index (χ2n) is 6.94. The van der Waals surface area contributed by atoms with Crippen molar-refractivity contribution in [3.63, 3.8) is 0 Å². The molecule has 1 atom stereocenters. The van der Waals surface area contributed by atoms with E-state index in [0.29, 0.717) is 5.56 Å². The van der Waals surface area contributed by atoms with Crippen molar-refractivity contribution in [2.24, 2.45) is 10.3 Å². The van der Waals surface area contributed by atoms with Gasteiger partial charge in [-0.05, 0) is 66.4 Å². The van der Waals surface area contributed by atoms with Crippen molar-refractivity contribution in [1.29, 1.82) is 0 Å². The van der Waals surface area contributed by atoms with E-state index in [1.807, 2.05) is 24.3 Å². The van der Waals surface area contributed by atoms with Gasteiger partial charge >= 0.3 is 0 Å². The summed E-state index contributed by atoms with van der Waals surface area (Å²) in [5, 5.41) is 8.71. The molecule has 2 N–H and O–H groups in total. The molecule has 7 heteroatoms. The standard InChI is InChI=1S/C21H27N3O3S/c1-17(25)15-24(28(2,22)27)16-20-13-12-19(14-21(20)23-26)11-7-6-10-18-8-4-3-5-9-18/h3-5,8-9,12-14H,2,6-7,10-11,15-16H2,1H3,(H2,22,27). The highest BCUT2D eigenvalue weighted by molar-refractivity contribution is 7.96. The number of Topliss-reactive ketones (excluding diaryl/α,β-unsaturated/α-hetero) is 1. The van der Waals surface area contributed by atoms with Crippen molar-refractivity contribution in [2.45, 2.75) is 39.2 Å². The van der Waals surface area contributed by atoms with E-state index < -0.39 is 9.89 Å². The zero-order chi connectivity index (χ0) is 20.6. The fraction of sp³-hybridized carbons (Fsp3) is 0.333. The summed E-state index contributed by atoms with van der Waals surface area (Å²) in [5.41, 5.74) is 3.19. The van der Waals surface area contributed by atoms with Gasteiger partial charge in [-0.2, -0.15) is 0 Å². The first-order chi connectivity index (χ1) is 13.3. The molecule has 0 aliphatic rings. The first kappa shape index (κ1) is 21.9. The highest BCUT2D eigenvalue weighted by Gasteiger charge is 2.17. The minimum atomic E-state index is -3.07. The van der Waals surface area contributed by atoms with Crippen LogP contribution in [0.2, 0.25) is 0 Å². The van der Waals surface area contributed by atoms with E-state index in [1.165, 1.54) is 16.8 Å². The van der Waals surface area contributed by atoms with Gasteiger partial charge in [-0.3, -0.25) is 4.79 Å². The first-order valence-corrected chi connectivity index (χ1v) is 10.9. The summed E-state index contributed by atoms with van der Waals surface area (Å²) in [5.74, 6) is 3.26. The van der Waals surface area contributed by atoms with Crippen LogP contribution in [0.3, 0.4) is 0 Å². The molecule has 0 aromatic heterocycles. The lowest BCUT2D eigenvalue weighted by Gasteiger charge is -2.22. The molecule has 0 bridgehead atoms. The maximum Gasteiger partial charge on any atom is 0.144 e. The molecule has 0 heterocycles. The van der Waals surface area contributed by atoms with Gasteiger partial charge in [-0.1, -0.05) is 42.5 Å². The van der Waals surface area contributed by atoms with Crippen molar-refractivity contribution in [1.82, 2.24) is 4.31 Å². The van der Waals surface area contributed by atoms with E-state index in [1.54, 1.807) is 12.1 Å². The maximum atomic E-state index is 12.1. The Bertz CT molecular complexity index is 912. The van der Waals surface area contributed by atoms with Crippen LogP contribution in [-0.2, 0) is 34.1 Å².